The van der Waals surface area contributed by atoms with Gasteiger partial charge in [-0.3, -0.25) is 14.4 Å². The molecule has 1 amide bonds. The Hall–Kier alpha value is -3.06. The minimum absolute atomic E-state index is 0.102. The summed E-state index contributed by atoms with van der Waals surface area (Å²) < 4.78 is 5.38. The summed E-state index contributed by atoms with van der Waals surface area (Å²) in [4.78, 5) is 41.7. The fraction of sp³-hybridized carbons (Fsp3) is 0.227. The number of anilines is 1. The van der Waals surface area contributed by atoms with Gasteiger partial charge in [0, 0.05) is 27.1 Å². The first-order valence-electron chi connectivity index (χ1n) is 9.31. The monoisotopic (exact) mass is 408 g/mol. The Morgan fingerprint density at radius 1 is 1.14 bits per heavy atom. The number of aryl methyl sites for hydroxylation is 1. The summed E-state index contributed by atoms with van der Waals surface area (Å²) in [6.45, 7) is 3.38. The maximum Gasteiger partial charge on any atom is 0.308 e. The number of ketones is 1. The molecule has 2 N–H and O–H groups in total. The molecule has 7 heteroatoms. The van der Waals surface area contributed by atoms with Crippen LogP contribution in [0.2, 0.25) is 0 Å². The number of carbonyl (C=O) groups excluding carboxylic acids is 3. The predicted molar refractivity (Wildman–Crippen MR) is 112 cm³/mol. The van der Waals surface area contributed by atoms with Gasteiger partial charge in [0.05, 0.1) is 17.4 Å². The van der Waals surface area contributed by atoms with Crippen LogP contribution in [0.25, 0.3) is 10.9 Å². The molecule has 2 aromatic carbocycles. The molecule has 0 aliphatic carbocycles. The normalized spacial score (nSPS) is 16.8. The zero-order valence-corrected chi connectivity index (χ0v) is 16.8. The van der Waals surface area contributed by atoms with E-state index in [0.29, 0.717) is 5.56 Å². The lowest BCUT2D eigenvalue weighted by molar-refractivity contribution is -0.147. The molecule has 0 saturated carbocycles. The lowest BCUT2D eigenvalue weighted by Crippen LogP contribution is -2.33. The predicted octanol–water partition coefficient (Wildman–Crippen LogP) is 4.09. The number of hydrogen-bond acceptors (Lipinski definition) is 5. The minimum Gasteiger partial charge on any atom is -0.454 e. The van der Waals surface area contributed by atoms with Crippen molar-refractivity contribution in [2.24, 2.45) is 0 Å². The van der Waals surface area contributed by atoms with Crippen LogP contribution in [0.4, 0.5) is 5.69 Å². The number of ether oxygens (including phenoxy) is 1. The molecule has 3 aromatic rings. The van der Waals surface area contributed by atoms with Crippen molar-refractivity contribution in [1.29, 1.82) is 0 Å². The van der Waals surface area contributed by atoms with E-state index in [-0.39, 0.29) is 18.1 Å². The smallest absolute Gasteiger partial charge is 0.308 e. The number of thioether (sulfide) groups is 1. The first kappa shape index (κ1) is 19.3. The highest BCUT2D eigenvalue weighted by atomic mass is 32.2. The van der Waals surface area contributed by atoms with E-state index in [1.807, 2.05) is 55.5 Å². The summed E-state index contributed by atoms with van der Waals surface area (Å²) in [5.41, 5.74) is 2.86. The Kier molecular flexibility index (Phi) is 5.15. The Labute approximate surface area is 172 Å². The second-order valence-electron chi connectivity index (χ2n) is 6.96. The first-order chi connectivity index (χ1) is 13.9. The summed E-state index contributed by atoms with van der Waals surface area (Å²) in [6.07, 6.45) is -1.04. The molecule has 0 unspecified atom stereocenters. The maximum absolute atomic E-state index is 12.9. The summed E-state index contributed by atoms with van der Waals surface area (Å²) >= 11 is 1.33. The van der Waals surface area contributed by atoms with Crippen molar-refractivity contribution in [1.82, 2.24) is 4.98 Å². The first-order valence-corrected chi connectivity index (χ1v) is 10.2. The summed E-state index contributed by atoms with van der Waals surface area (Å²) in [7, 11) is 0. The average molecular weight is 408 g/mol. The van der Waals surface area contributed by atoms with Gasteiger partial charge in [-0.1, -0.05) is 30.3 Å². The number of H-pyrrole nitrogens is 1. The molecule has 29 heavy (non-hydrogen) atoms. The van der Waals surface area contributed by atoms with Gasteiger partial charge in [0.25, 0.3) is 0 Å². The molecule has 4 rings (SSSR count). The Balaban J connectivity index is 1.44. The summed E-state index contributed by atoms with van der Waals surface area (Å²) in [5.74, 6) is -1.08. The average Bonchev–Trinajstić information content (AvgIpc) is 3.03. The lowest BCUT2D eigenvalue weighted by Gasteiger charge is -2.23. The largest absolute Gasteiger partial charge is 0.454 e. The van der Waals surface area contributed by atoms with Crippen LogP contribution in [-0.4, -0.2) is 34.0 Å². The number of carbonyl (C=O) groups is 3. The number of para-hydroxylation sites is 2. The van der Waals surface area contributed by atoms with Crippen molar-refractivity contribution in [3.63, 3.8) is 0 Å². The third-order valence-electron chi connectivity index (χ3n) is 4.88. The topological polar surface area (TPSA) is 88.3 Å². The molecule has 1 aliphatic rings. The number of aromatic nitrogens is 1. The van der Waals surface area contributed by atoms with Crippen LogP contribution >= 0.6 is 11.8 Å². The number of amides is 1. The highest BCUT2D eigenvalue weighted by Crippen LogP contribution is 2.36. The van der Waals surface area contributed by atoms with Gasteiger partial charge in [0.15, 0.2) is 6.10 Å². The molecular weight excluding hydrogens is 388 g/mol. The van der Waals surface area contributed by atoms with Crippen LogP contribution in [0.5, 0.6) is 0 Å². The molecule has 0 fully saturated rings. The van der Waals surface area contributed by atoms with E-state index in [4.69, 9.17) is 4.74 Å². The van der Waals surface area contributed by atoms with E-state index in [1.165, 1.54) is 11.8 Å². The van der Waals surface area contributed by atoms with Crippen molar-refractivity contribution < 1.29 is 19.1 Å². The standard InChI is InChI=1S/C22H20N2O4S/c1-12-20(14-7-3-4-8-15(14)23-12)21(26)13(2)28-19(25)11-18-22(27)24-16-9-5-6-10-17(16)29-18/h3-10,13,18,23H,11H2,1-2H3,(H,24,27)/t13-,18+/m0/s1. The second-order valence-corrected chi connectivity index (χ2v) is 8.21. The quantitative estimate of drug-likeness (QED) is 0.490. The van der Waals surface area contributed by atoms with E-state index < -0.39 is 17.3 Å². The number of fused-ring (bicyclic) bond motifs is 2. The van der Waals surface area contributed by atoms with E-state index in [0.717, 1.165) is 27.2 Å². The molecule has 2 atom stereocenters. The van der Waals surface area contributed by atoms with Crippen LogP contribution < -0.4 is 5.32 Å². The van der Waals surface area contributed by atoms with Crippen LogP contribution in [0.15, 0.2) is 53.4 Å². The fourth-order valence-corrected chi connectivity index (χ4v) is 4.57. The van der Waals surface area contributed by atoms with Gasteiger partial charge >= 0.3 is 5.97 Å². The number of esters is 1. The molecule has 148 valence electrons. The van der Waals surface area contributed by atoms with Crippen LogP contribution in [-0.2, 0) is 14.3 Å². The van der Waals surface area contributed by atoms with E-state index in [1.54, 1.807) is 6.92 Å². The number of aromatic amines is 1. The summed E-state index contributed by atoms with van der Waals surface area (Å²) in [5, 5.41) is 3.02. The van der Waals surface area contributed by atoms with Gasteiger partial charge in [-0.2, -0.15) is 0 Å². The number of benzene rings is 2. The Morgan fingerprint density at radius 3 is 2.69 bits per heavy atom. The molecule has 6 nitrogen and oxygen atoms in total. The zero-order valence-electron chi connectivity index (χ0n) is 16.0. The second kappa shape index (κ2) is 7.75. The fourth-order valence-electron chi connectivity index (χ4n) is 3.47. The van der Waals surface area contributed by atoms with Crippen LogP contribution in [0, 0.1) is 6.92 Å². The molecule has 0 spiro atoms. The molecule has 0 radical (unpaired) electrons. The number of nitrogens with one attached hydrogen (secondary N) is 2. The maximum atomic E-state index is 12.9. The highest BCUT2D eigenvalue weighted by Gasteiger charge is 2.31. The van der Waals surface area contributed by atoms with E-state index >= 15 is 0 Å². The SMILES string of the molecule is Cc1[nH]c2ccccc2c1C(=O)[C@H](C)OC(=O)C[C@H]1Sc2ccccc2NC1=O. The molecule has 0 bridgehead atoms. The highest BCUT2D eigenvalue weighted by molar-refractivity contribution is 8.01. The third kappa shape index (κ3) is 3.78. The molecular formula is C22H20N2O4S. The van der Waals surface area contributed by atoms with Gasteiger partial charge in [-0.15, -0.1) is 11.8 Å². The number of Topliss-reactive ketones (excluding diaryl/α,β-unsaturated/α-hetero) is 1. The Morgan fingerprint density at radius 2 is 1.86 bits per heavy atom. The lowest BCUT2D eigenvalue weighted by atomic mass is 10.0. The molecule has 1 aromatic heterocycles. The van der Waals surface area contributed by atoms with Crippen LogP contribution in [0.3, 0.4) is 0 Å². The molecule has 1 aliphatic heterocycles. The number of hydrogen-bond donors (Lipinski definition) is 2. The van der Waals surface area contributed by atoms with Crippen molar-refractivity contribution >= 4 is 46.0 Å². The Bertz CT molecular complexity index is 1120. The number of rotatable bonds is 5. The van der Waals surface area contributed by atoms with Crippen molar-refractivity contribution in [2.75, 3.05) is 5.32 Å². The van der Waals surface area contributed by atoms with Gasteiger partial charge in [-0.25, -0.2) is 0 Å². The zero-order chi connectivity index (χ0) is 20.5. The van der Waals surface area contributed by atoms with Gasteiger partial charge < -0.3 is 15.0 Å². The third-order valence-corrected chi connectivity index (χ3v) is 6.15. The van der Waals surface area contributed by atoms with Gasteiger partial charge in [0.1, 0.15) is 0 Å². The van der Waals surface area contributed by atoms with Crippen LogP contribution in [0.1, 0.15) is 29.4 Å². The van der Waals surface area contributed by atoms with Crippen molar-refractivity contribution in [3.8, 4) is 0 Å². The van der Waals surface area contributed by atoms with E-state index in [9.17, 15) is 14.4 Å². The van der Waals surface area contributed by atoms with Crippen molar-refractivity contribution in [3.05, 3.63) is 59.8 Å². The van der Waals surface area contributed by atoms with Gasteiger partial charge in [-0.05, 0) is 32.0 Å². The summed E-state index contributed by atoms with van der Waals surface area (Å²) in [6, 6.07) is 14.9. The molecule has 0 saturated heterocycles. The molecule has 2 heterocycles. The van der Waals surface area contributed by atoms with Gasteiger partial charge in [0.2, 0.25) is 11.7 Å². The van der Waals surface area contributed by atoms with E-state index in [2.05, 4.69) is 10.3 Å². The minimum atomic E-state index is -0.940. The van der Waals surface area contributed by atoms with Crippen molar-refractivity contribution in [2.45, 2.75) is 36.5 Å².